The van der Waals surface area contributed by atoms with E-state index in [1.807, 2.05) is 0 Å². The highest BCUT2D eigenvalue weighted by Gasteiger charge is 2.16. The molecule has 0 spiro atoms. The quantitative estimate of drug-likeness (QED) is 0.401. The van der Waals surface area contributed by atoms with E-state index in [-0.39, 0.29) is 6.10 Å². The molecule has 0 heterocycles. The van der Waals surface area contributed by atoms with Gasteiger partial charge in [0.15, 0.2) is 0 Å². The van der Waals surface area contributed by atoms with Crippen LogP contribution >= 0.6 is 0 Å². The Morgan fingerprint density at radius 2 is 1.26 bits per heavy atom. The van der Waals surface area contributed by atoms with Crippen molar-refractivity contribution >= 4 is 10.4 Å². The zero-order chi connectivity index (χ0) is 14.6. The largest absolute Gasteiger partial charge is 0.397 e. The van der Waals surface area contributed by atoms with Gasteiger partial charge < -0.3 is 0 Å². The van der Waals surface area contributed by atoms with E-state index in [0.29, 0.717) is 6.42 Å². The molecule has 0 aliphatic rings. The molecule has 1 N–H and O–H groups in total. The molecule has 0 aromatic rings. The second kappa shape index (κ2) is 11.7. The molecule has 0 rings (SSSR count). The molecule has 0 fully saturated rings. The first kappa shape index (κ1) is 18.9. The highest BCUT2D eigenvalue weighted by Crippen LogP contribution is 2.17. The Morgan fingerprint density at radius 1 is 0.842 bits per heavy atom. The van der Waals surface area contributed by atoms with Gasteiger partial charge >= 0.3 is 10.4 Å². The van der Waals surface area contributed by atoms with Crippen molar-refractivity contribution < 1.29 is 17.2 Å². The molecule has 0 saturated heterocycles. The third-order valence-electron chi connectivity index (χ3n) is 3.27. The van der Waals surface area contributed by atoms with E-state index in [1.54, 1.807) is 0 Å². The maximum Gasteiger partial charge on any atom is 0.397 e. The lowest BCUT2D eigenvalue weighted by Crippen LogP contribution is -2.18. The van der Waals surface area contributed by atoms with E-state index >= 15 is 0 Å². The second-order valence-corrected chi connectivity index (χ2v) is 6.25. The summed E-state index contributed by atoms with van der Waals surface area (Å²) < 4.78 is 35.1. The Balaban J connectivity index is 3.90. The zero-order valence-electron chi connectivity index (χ0n) is 12.4. The van der Waals surface area contributed by atoms with Crippen LogP contribution in [0.15, 0.2) is 0 Å². The molecular weight excluding hydrogens is 264 g/mol. The fourth-order valence-corrected chi connectivity index (χ4v) is 2.72. The number of hydrogen-bond acceptors (Lipinski definition) is 3. The highest BCUT2D eigenvalue weighted by atomic mass is 32.3. The van der Waals surface area contributed by atoms with E-state index in [1.165, 1.54) is 19.3 Å². The Bertz CT molecular complexity index is 288. The van der Waals surface area contributed by atoms with Gasteiger partial charge in [0.1, 0.15) is 0 Å². The minimum absolute atomic E-state index is 0.353. The van der Waals surface area contributed by atoms with Gasteiger partial charge in [-0.1, -0.05) is 71.6 Å². The lowest BCUT2D eigenvalue weighted by Gasteiger charge is -2.15. The lowest BCUT2D eigenvalue weighted by molar-refractivity contribution is 0.157. The fraction of sp³-hybridized carbons (Fsp3) is 1.00. The average molecular weight is 294 g/mol. The van der Waals surface area contributed by atoms with Crippen LogP contribution in [0.25, 0.3) is 0 Å². The molecule has 0 aliphatic heterocycles. The summed E-state index contributed by atoms with van der Waals surface area (Å²) in [5, 5.41) is 0. The molecule has 1 unspecified atom stereocenters. The summed E-state index contributed by atoms with van der Waals surface area (Å²) >= 11 is 0. The van der Waals surface area contributed by atoms with Crippen molar-refractivity contribution in [3.05, 3.63) is 0 Å². The molecular formula is C14H30O4S. The summed E-state index contributed by atoms with van der Waals surface area (Å²) in [6.45, 7) is 4.30. The van der Waals surface area contributed by atoms with E-state index in [2.05, 4.69) is 13.8 Å². The van der Waals surface area contributed by atoms with Crippen LogP contribution in [0.1, 0.15) is 84.5 Å². The molecule has 0 saturated carbocycles. The van der Waals surface area contributed by atoms with Crippen molar-refractivity contribution in [2.45, 2.75) is 90.6 Å². The Morgan fingerprint density at radius 3 is 1.68 bits per heavy atom. The summed E-state index contributed by atoms with van der Waals surface area (Å²) in [6, 6.07) is 0. The van der Waals surface area contributed by atoms with Crippen molar-refractivity contribution in [3.8, 4) is 0 Å². The van der Waals surface area contributed by atoms with Gasteiger partial charge in [-0.2, -0.15) is 8.42 Å². The maximum atomic E-state index is 10.8. The molecule has 116 valence electrons. The first-order valence-corrected chi connectivity index (χ1v) is 9.01. The van der Waals surface area contributed by atoms with Gasteiger partial charge in [0.05, 0.1) is 6.10 Å². The summed E-state index contributed by atoms with van der Waals surface area (Å²) in [4.78, 5) is 0. The molecule has 0 radical (unpaired) electrons. The van der Waals surface area contributed by atoms with Crippen LogP contribution in [-0.2, 0) is 14.6 Å². The fourth-order valence-electron chi connectivity index (χ4n) is 2.19. The maximum absolute atomic E-state index is 10.8. The molecule has 1 atom stereocenters. The van der Waals surface area contributed by atoms with Crippen LogP contribution in [0, 0.1) is 0 Å². The minimum atomic E-state index is -4.31. The summed E-state index contributed by atoms with van der Waals surface area (Å²) in [6.07, 6.45) is 11.1. The highest BCUT2D eigenvalue weighted by molar-refractivity contribution is 7.80. The number of rotatable bonds is 13. The number of hydrogen-bond donors (Lipinski definition) is 1. The third kappa shape index (κ3) is 14.1. The average Bonchev–Trinajstić information content (AvgIpc) is 2.32. The predicted molar refractivity (Wildman–Crippen MR) is 78.6 cm³/mol. The van der Waals surface area contributed by atoms with E-state index in [4.69, 9.17) is 8.74 Å². The molecule has 19 heavy (non-hydrogen) atoms. The molecule has 4 nitrogen and oxygen atoms in total. The number of unbranched alkanes of at least 4 members (excludes halogenated alkanes) is 7. The van der Waals surface area contributed by atoms with Crippen LogP contribution < -0.4 is 0 Å². The standard InChI is InChI=1S/C14H30O4S/c1-3-5-7-9-11-13-14(18-19(15,16)17)12-10-8-6-4-2/h14H,3-13H2,1-2H3,(H,15,16,17). The van der Waals surface area contributed by atoms with Crippen molar-refractivity contribution in [2.75, 3.05) is 0 Å². The van der Waals surface area contributed by atoms with Gasteiger partial charge in [-0.05, 0) is 12.8 Å². The van der Waals surface area contributed by atoms with Crippen LogP contribution in [0.4, 0.5) is 0 Å². The van der Waals surface area contributed by atoms with Crippen molar-refractivity contribution in [3.63, 3.8) is 0 Å². The SMILES string of the molecule is CCCCCCCC(CCCCCC)OS(=O)(=O)O. The van der Waals surface area contributed by atoms with Gasteiger partial charge in [0.25, 0.3) is 0 Å². The van der Waals surface area contributed by atoms with E-state index < -0.39 is 10.4 Å². The first-order valence-electron chi connectivity index (χ1n) is 7.65. The van der Waals surface area contributed by atoms with Gasteiger partial charge in [-0.25, -0.2) is 4.18 Å². The van der Waals surface area contributed by atoms with Gasteiger partial charge in [-0.3, -0.25) is 4.55 Å². The molecule has 0 bridgehead atoms. The topological polar surface area (TPSA) is 63.6 Å². The molecule has 5 heteroatoms. The summed E-state index contributed by atoms with van der Waals surface area (Å²) in [5.74, 6) is 0. The second-order valence-electron chi connectivity index (χ2n) is 5.20. The molecule has 0 aromatic heterocycles. The summed E-state index contributed by atoms with van der Waals surface area (Å²) in [5.41, 5.74) is 0. The molecule has 0 aliphatic carbocycles. The third-order valence-corrected chi connectivity index (χ3v) is 3.78. The molecule has 0 amide bonds. The summed E-state index contributed by atoms with van der Waals surface area (Å²) in [7, 11) is -4.31. The molecule has 0 aromatic carbocycles. The Hall–Kier alpha value is -0.130. The van der Waals surface area contributed by atoms with Crippen molar-refractivity contribution in [1.29, 1.82) is 0 Å². The monoisotopic (exact) mass is 294 g/mol. The normalized spacial score (nSPS) is 13.6. The Kier molecular flexibility index (Phi) is 11.6. The van der Waals surface area contributed by atoms with Crippen molar-refractivity contribution in [2.24, 2.45) is 0 Å². The van der Waals surface area contributed by atoms with Crippen LogP contribution in [0.5, 0.6) is 0 Å². The van der Waals surface area contributed by atoms with E-state index in [0.717, 1.165) is 44.9 Å². The zero-order valence-corrected chi connectivity index (χ0v) is 13.3. The first-order chi connectivity index (χ1) is 8.99. The Labute approximate surface area is 118 Å². The van der Waals surface area contributed by atoms with Crippen molar-refractivity contribution in [1.82, 2.24) is 0 Å². The van der Waals surface area contributed by atoms with Crippen LogP contribution in [0.3, 0.4) is 0 Å². The van der Waals surface area contributed by atoms with Gasteiger partial charge in [0.2, 0.25) is 0 Å². The van der Waals surface area contributed by atoms with Gasteiger partial charge in [0, 0.05) is 0 Å². The van der Waals surface area contributed by atoms with Crippen LogP contribution in [-0.4, -0.2) is 19.1 Å². The smallest absolute Gasteiger partial charge is 0.264 e. The van der Waals surface area contributed by atoms with Crippen LogP contribution in [0.2, 0.25) is 0 Å². The minimum Gasteiger partial charge on any atom is -0.264 e. The van der Waals surface area contributed by atoms with E-state index in [9.17, 15) is 8.42 Å². The predicted octanol–water partition coefficient (Wildman–Crippen LogP) is 4.51. The van der Waals surface area contributed by atoms with Gasteiger partial charge in [-0.15, -0.1) is 0 Å². The lowest BCUT2D eigenvalue weighted by atomic mass is 10.0.